The van der Waals surface area contributed by atoms with Crippen LogP contribution < -0.4 is 11.5 Å². The Labute approximate surface area is 155 Å². The summed E-state index contributed by atoms with van der Waals surface area (Å²) in [6.45, 7) is 0. The Balaban J connectivity index is 0. The number of halogens is 3. The first-order valence-corrected chi connectivity index (χ1v) is 7.10. The Morgan fingerprint density at radius 3 is 1.72 bits per heavy atom. The molecule has 0 aliphatic carbocycles. The average molecular weight is 442 g/mol. The number of hydrogen-bond donors (Lipinski definition) is 6. The molecule has 0 heterocycles. The van der Waals surface area contributed by atoms with Gasteiger partial charge in [0.25, 0.3) is 0 Å². The van der Waals surface area contributed by atoms with Gasteiger partial charge in [-0.1, -0.05) is 27.5 Å². The molecule has 0 aromatic heterocycles. The lowest BCUT2D eigenvalue weighted by Crippen LogP contribution is -1.90. The minimum absolute atomic E-state index is 0. The molecule has 0 amide bonds. The number of nitrogens with one attached hydrogen (secondary N) is 1. The molecule has 8 N–H and O–H groups in total. The van der Waals surface area contributed by atoms with Crippen molar-refractivity contribution in [3.8, 4) is 0 Å². The molecule has 0 atom stereocenters. The van der Waals surface area contributed by atoms with Gasteiger partial charge in [-0.05, 0) is 42.5 Å². The zero-order valence-electron chi connectivity index (χ0n) is 12.5. The Hall–Kier alpha value is -2.56. The fraction of sp³-hybridized carbons (Fsp3) is 0. The van der Waals surface area contributed by atoms with Crippen molar-refractivity contribution >= 4 is 51.2 Å². The zero-order chi connectivity index (χ0) is 18.7. The van der Waals surface area contributed by atoms with Crippen LogP contribution in [0, 0.1) is 5.82 Å². The molecule has 2 aromatic carbocycles. The molecule has 0 bridgehead atoms. The molecule has 25 heavy (non-hydrogen) atoms. The summed E-state index contributed by atoms with van der Waals surface area (Å²) in [6.07, 6.45) is -3.67. The first-order chi connectivity index (χ1) is 11.1. The third kappa shape index (κ3) is 13.6. The van der Waals surface area contributed by atoms with Gasteiger partial charge in [0.05, 0.1) is 5.02 Å². The van der Waals surface area contributed by atoms with Crippen LogP contribution in [-0.2, 0) is 0 Å². The van der Waals surface area contributed by atoms with Gasteiger partial charge in [0.2, 0.25) is 0 Å². The highest BCUT2D eigenvalue weighted by atomic mass is 79.9. The van der Waals surface area contributed by atoms with Crippen LogP contribution >= 0.6 is 27.5 Å². The van der Waals surface area contributed by atoms with E-state index in [2.05, 4.69) is 21.2 Å². The molecule has 8 nitrogen and oxygen atoms in total. The molecule has 11 heteroatoms. The Bertz CT molecular complexity index is 668. The van der Waals surface area contributed by atoms with Crippen LogP contribution in [0.1, 0.15) is 0 Å². The van der Waals surface area contributed by atoms with E-state index in [1.54, 1.807) is 12.1 Å². The zero-order valence-corrected chi connectivity index (χ0v) is 14.8. The van der Waals surface area contributed by atoms with E-state index in [1.165, 1.54) is 6.07 Å². The lowest BCUT2D eigenvalue weighted by atomic mass is 10.2. The van der Waals surface area contributed by atoms with Crippen molar-refractivity contribution in [2.45, 2.75) is 0 Å². The molecule has 138 valence electrons. The molecule has 0 unspecified atom stereocenters. The maximum Gasteiger partial charge on any atom is 0.503 e. The van der Waals surface area contributed by atoms with Crippen molar-refractivity contribution in [3.63, 3.8) is 0 Å². The van der Waals surface area contributed by atoms with Gasteiger partial charge in [-0.3, -0.25) is 0 Å². The summed E-state index contributed by atoms with van der Waals surface area (Å²) >= 11 is 9.04. The third-order valence-electron chi connectivity index (χ3n) is 2.05. The number of carbonyl (C=O) groups is 2. The van der Waals surface area contributed by atoms with Gasteiger partial charge in [-0.15, -0.1) is 0 Å². The van der Waals surface area contributed by atoms with Crippen molar-refractivity contribution in [2.75, 3.05) is 5.32 Å². The van der Waals surface area contributed by atoms with Gasteiger partial charge < -0.3 is 31.9 Å². The second-order valence-corrected chi connectivity index (χ2v) is 5.15. The molecule has 0 aliphatic heterocycles. The number of carboxylic acid groups (broad SMARTS) is 4. The molecule has 2 aromatic rings. The largest absolute Gasteiger partial charge is 0.503 e. The SMILES string of the molecule is Fc1ccc(Nc2ccc(Br)cc2)cc1Cl.N.O=C(O)O.O=C(O)O. The van der Waals surface area contributed by atoms with Gasteiger partial charge in [-0.2, -0.15) is 0 Å². The first-order valence-electron chi connectivity index (χ1n) is 5.93. The number of anilines is 2. The maximum atomic E-state index is 12.9. The van der Waals surface area contributed by atoms with E-state index < -0.39 is 18.1 Å². The monoisotopic (exact) mass is 440 g/mol. The summed E-state index contributed by atoms with van der Waals surface area (Å²) in [7, 11) is 0. The van der Waals surface area contributed by atoms with E-state index in [4.69, 9.17) is 41.6 Å². The highest BCUT2D eigenvalue weighted by Gasteiger charge is 2.00. The van der Waals surface area contributed by atoms with Crippen LogP contribution in [0.15, 0.2) is 46.9 Å². The highest BCUT2D eigenvalue weighted by Crippen LogP contribution is 2.23. The number of rotatable bonds is 2. The molecule has 0 saturated carbocycles. The van der Waals surface area contributed by atoms with Gasteiger partial charge in [0.1, 0.15) is 5.82 Å². The van der Waals surface area contributed by atoms with Gasteiger partial charge in [0, 0.05) is 15.8 Å². The second-order valence-electron chi connectivity index (χ2n) is 3.83. The van der Waals surface area contributed by atoms with E-state index in [0.29, 0.717) is 0 Å². The van der Waals surface area contributed by atoms with Crippen molar-refractivity contribution < 1.29 is 34.4 Å². The summed E-state index contributed by atoms with van der Waals surface area (Å²) in [5.74, 6) is -0.414. The third-order valence-corrected chi connectivity index (χ3v) is 2.87. The van der Waals surface area contributed by atoms with Crippen LogP contribution in [0.4, 0.5) is 25.4 Å². The van der Waals surface area contributed by atoms with Crippen molar-refractivity contribution in [2.24, 2.45) is 0 Å². The van der Waals surface area contributed by atoms with Crippen LogP contribution in [0.5, 0.6) is 0 Å². The molecule has 0 spiro atoms. The van der Waals surface area contributed by atoms with Gasteiger partial charge in [-0.25, -0.2) is 14.0 Å². The van der Waals surface area contributed by atoms with Crippen LogP contribution in [0.25, 0.3) is 0 Å². The predicted octanol–water partition coefficient (Wildman–Crippen LogP) is 5.59. The molecular formula is C14H15BrClFN2O6. The molecule has 2 rings (SSSR count). The smallest absolute Gasteiger partial charge is 0.450 e. The standard InChI is InChI=1S/C12H8BrClFN.2CH2O3.H3N/c13-8-1-3-9(4-2-8)16-10-5-6-12(15)11(14)7-10;2*2-1(3)4;/h1-7,16H;2*(H2,2,3,4);1H3. The first kappa shape index (κ1) is 24.7. The number of benzene rings is 2. The van der Waals surface area contributed by atoms with Crippen LogP contribution in [-0.4, -0.2) is 32.7 Å². The summed E-state index contributed by atoms with van der Waals surface area (Å²) in [4.78, 5) is 17.1. The Morgan fingerprint density at radius 1 is 0.920 bits per heavy atom. The summed E-state index contributed by atoms with van der Waals surface area (Å²) in [6, 6.07) is 12.2. The molecule has 0 saturated heterocycles. The fourth-order valence-electron chi connectivity index (χ4n) is 1.27. The van der Waals surface area contributed by atoms with E-state index in [1.807, 2.05) is 24.3 Å². The topological polar surface area (TPSA) is 162 Å². The fourth-order valence-corrected chi connectivity index (χ4v) is 1.72. The Kier molecular flexibility index (Phi) is 12.7. The van der Waals surface area contributed by atoms with Crippen molar-refractivity contribution in [1.29, 1.82) is 0 Å². The number of hydrogen-bond acceptors (Lipinski definition) is 4. The quantitative estimate of drug-likeness (QED) is 0.351. The molecule has 0 aliphatic rings. The van der Waals surface area contributed by atoms with Crippen LogP contribution in [0.3, 0.4) is 0 Å². The summed E-state index contributed by atoms with van der Waals surface area (Å²) in [5.41, 5.74) is 1.68. The van der Waals surface area contributed by atoms with E-state index >= 15 is 0 Å². The summed E-state index contributed by atoms with van der Waals surface area (Å²) < 4.78 is 13.9. The normalized spacial score (nSPS) is 8.44. The van der Waals surface area contributed by atoms with E-state index in [9.17, 15) is 4.39 Å². The lowest BCUT2D eigenvalue weighted by Gasteiger charge is -2.07. The summed E-state index contributed by atoms with van der Waals surface area (Å²) in [5, 5.41) is 31.1. The maximum absolute atomic E-state index is 12.9. The molecular weight excluding hydrogens is 427 g/mol. The van der Waals surface area contributed by atoms with Gasteiger partial charge >= 0.3 is 12.3 Å². The average Bonchev–Trinajstić information content (AvgIpc) is 2.44. The highest BCUT2D eigenvalue weighted by molar-refractivity contribution is 9.10. The Morgan fingerprint density at radius 2 is 1.32 bits per heavy atom. The minimum Gasteiger partial charge on any atom is -0.450 e. The van der Waals surface area contributed by atoms with E-state index in [0.717, 1.165) is 15.8 Å². The van der Waals surface area contributed by atoms with Crippen molar-refractivity contribution in [3.05, 3.63) is 57.8 Å². The van der Waals surface area contributed by atoms with Gasteiger partial charge in [0.15, 0.2) is 0 Å². The minimum atomic E-state index is -1.83. The van der Waals surface area contributed by atoms with E-state index in [-0.39, 0.29) is 11.2 Å². The predicted molar refractivity (Wildman–Crippen MR) is 95.2 cm³/mol. The molecule has 0 radical (unpaired) electrons. The van der Waals surface area contributed by atoms with Crippen LogP contribution in [0.2, 0.25) is 5.02 Å². The van der Waals surface area contributed by atoms with Crippen molar-refractivity contribution in [1.82, 2.24) is 6.15 Å². The molecule has 0 fully saturated rings. The lowest BCUT2D eigenvalue weighted by molar-refractivity contribution is 0.135. The second kappa shape index (κ2) is 12.8.